The van der Waals surface area contributed by atoms with Crippen LogP contribution in [0.1, 0.15) is 16.7 Å². The number of rotatable bonds is 10. The van der Waals surface area contributed by atoms with Gasteiger partial charge in [-0.2, -0.15) is 0 Å². The fourth-order valence-electron chi connectivity index (χ4n) is 3.27. The molecule has 6 heteroatoms. The van der Waals surface area contributed by atoms with Gasteiger partial charge in [-0.3, -0.25) is 0 Å². The van der Waals surface area contributed by atoms with Crippen molar-refractivity contribution >= 4 is 12.6 Å². The maximum Gasteiger partial charge on any atom is 0.488 e. The molecule has 0 atom stereocenters. The van der Waals surface area contributed by atoms with Crippen LogP contribution in [-0.4, -0.2) is 17.2 Å². The quantitative estimate of drug-likeness (QED) is 0.364. The minimum atomic E-state index is -1.50. The minimum Gasteiger partial charge on any atom is -0.489 e. The molecule has 0 heterocycles. The number of ether oxygens (including phenoxy) is 3. The van der Waals surface area contributed by atoms with E-state index in [2.05, 4.69) is 0 Å². The Morgan fingerprint density at radius 3 is 1.42 bits per heavy atom. The summed E-state index contributed by atoms with van der Waals surface area (Å²) in [5.41, 5.74) is 3.47. The third-order valence-corrected chi connectivity index (χ3v) is 5.02. The Labute approximate surface area is 194 Å². The standard InChI is InChI=1S/C27H25BO5/c29-28(30)24-11-13-25(14-12-24)31-20-23-15-26(32-18-21-7-3-1-4-8-21)17-27(16-23)33-19-22-9-5-2-6-10-22/h1-17,29-30H,18-20H2. The van der Waals surface area contributed by atoms with Gasteiger partial charge in [-0.15, -0.1) is 0 Å². The maximum absolute atomic E-state index is 9.24. The normalized spacial score (nSPS) is 10.5. The Bertz CT molecular complexity index is 1070. The van der Waals surface area contributed by atoms with Gasteiger partial charge in [-0.25, -0.2) is 0 Å². The van der Waals surface area contributed by atoms with E-state index in [1.807, 2.05) is 78.9 Å². The molecule has 4 rings (SSSR count). The molecular weight excluding hydrogens is 415 g/mol. The number of benzene rings is 4. The molecule has 2 N–H and O–H groups in total. The number of hydrogen-bond donors (Lipinski definition) is 2. The van der Waals surface area contributed by atoms with Gasteiger partial charge in [0, 0.05) is 6.07 Å². The highest BCUT2D eigenvalue weighted by molar-refractivity contribution is 6.58. The summed E-state index contributed by atoms with van der Waals surface area (Å²) in [6, 6.07) is 32.4. The average molecular weight is 440 g/mol. The van der Waals surface area contributed by atoms with E-state index in [1.165, 1.54) is 0 Å². The van der Waals surface area contributed by atoms with Gasteiger partial charge in [0.25, 0.3) is 0 Å². The molecule has 0 spiro atoms. The van der Waals surface area contributed by atoms with Crippen molar-refractivity contribution in [3.63, 3.8) is 0 Å². The van der Waals surface area contributed by atoms with Gasteiger partial charge in [0.15, 0.2) is 0 Å². The predicted octanol–water partition coefficient (Wildman–Crippen LogP) is 4.10. The van der Waals surface area contributed by atoms with Crippen LogP contribution < -0.4 is 19.7 Å². The van der Waals surface area contributed by atoms with Gasteiger partial charge < -0.3 is 24.3 Å². The second-order valence-electron chi connectivity index (χ2n) is 7.59. The molecule has 0 aliphatic carbocycles. The molecular formula is C27H25BO5. The molecule has 0 aromatic heterocycles. The molecule has 0 saturated heterocycles. The van der Waals surface area contributed by atoms with Crippen LogP contribution in [0.25, 0.3) is 0 Å². The lowest BCUT2D eigenvalue weighted by Crippen LogP contribution is -2.29. The van der Waals surface area contributed by atoms with E-state index >= 15 is 0 Å². The largest absolute Gasteiger partial charge is 0.489 e. The predicted molar refractivity (Wildman–Crippen MR) is 129 cm³/mol. The fourth-order valence-corrected chi connectivity index (χ4v) is 3.27. The third kappa shape index (κ3) is 6.87. The summed E-state index contributed by atoms with van der Waals surface area (Å²) >= 11 is 0. The van der Waals surface area contributed by atoms with Gasteiger partial charge in [0.1, 0.15) is 37.1 Å². The molecule has 0 amide bonds. The lowest BCUT2D eigenvalue weighted by molar-refractivity contribution is 0.281. The average Bonchev–Trinajstić information content (AvgIpc) is 2.86. The van der Waals surface area contributed by atoms with Crippen molar-refractivity contribution < 1.29 is 24.3 Å². The van der Waals surface area contributed by atoms with E-state index in [9.17, 15) is 10.0 Å². The first kappa shape index (κ1) is 22.5. The van der Waals surface area contributed by atoms with E-state index in [0.717, 1.165) is 16.7 Å². The van der Waals surface area contributed by atoms with E-state index in [-0.39, 0.29) is 0 Å². The van der Waals surface area contributed by atoms with Gasteiger partial charge in [-0.05, 0) is 46.4 Å². The SMILES string of the molecule is OB(O)c1ccc(OCc2cc(OCc3ccccc3)cc(OCc3ccccc3)c2)cc1. The van der Waals surface area contributed by atoms with Crippen LogP contribution >= 0.6 is 0 Å². The summed E-state index contributed by atoms with van der Waals surface area (Å²) in [6.07, 6.45) is 0. The van der Waals surface area contributed by atoms with E-state index in [0.29, 0.717) is 42.5 Å². The van der Waals surface area contributed by atoms with Crippen LogP contribution in [0, 0.1) is 0 Å². The van der Waals surface area contributed by atoms with Crippen LogP contribution in [0.4, 0.5) is 0 Å². The summed E-state index contributed by atoms with van der Waals surface area (Å²) in [5.74, 6) is 2.02. The summed E-state index contributed by atoms with van der Waals surface area (Å²) in [6.45, 7) is 1.22. The van der Waals surface area contributed by atoms with Crippen LogP contribution in [0.5, 0.6) is 17.2 Å². The molecule has 0 fully saturated rings. The smallest absolute Gasteiger partial charge is 0.488 e. The van der Waals surface area contributed by atoms with Gasteiger partial charge in [0.2, 0.25) is 0 Å². The van der Waals surface area contributed by atoms with Crippen LogP contribution in [0.15, 0.2) is 103 Å². The topological polar surface area (TPSA) is 68.2 Å². The lowest BCUT2D eigenvalue weighted by atomic mass is 9.80. The van der Waals surface area contributed by atoms with Crippen molar-refractivity contribution in [2.24, 2.45) is 0 Å². The van der Waals surface area contributed by atoms with E-state index < -0.39 is 7.12 Å². The third-order valence-electron chi connectivity index (χ3n) is 5.02. The van der Waals surface area contributed by atoms with Crippen LogP contribution in [0.2, 0.25) is 0 Å². The maximum atomic E-state index is 9.24. The zero-order valence-corrected chi connectivity index (χ0v) is 18.1. The van der Waals surface area contributed by atoms with Crippen molar-refractivity contribution in [3.05, 3.63) is 120 Å². The van der Waals surface area contributed by atoms with E-state index in [4.69, 9.17) is 14.2 Å². The highest BCUT2D eigenvalue weighted by Gasteiger charge is 2.10. The Morgan fingerprint density at radius 1 is 0.485 bits per heavy atom. The molecule has 0 radical (unpaired) electrons. The zero-order chi connectivity index (χ0) is 22.9. The molecule has 4 aromatic rings. The van der Waals surface area contributed by atoms with Gasteiger partial charge >= 0.3 is 7.12 Å². The first-order valence-corrected chi connectivity index (χ1v) is 10.7. The molecule has 0 unspecified atom stereocenters. The number of hydrogen-bond acceptors (Lipinski definition) is 5. The van der Waals surface area contributed by atoms with Crippen molar-refractivity contribution in [1.29, 1.82) is 0 Å². The Morgan fingerprint density at radius 2 is 0.939 bits per heavy atom. The molecule has 166 valence electrons. The molecule has 0 bridgehead atoms. The van der Waals surface area contributed by atoms with Crippen molar-refractivity contribution in [2.45, 2.75) is 19.8 Å². The second-order valence-corrected chi connectivity index (χ2v) is 7.59. The van der Waals surface area contributed by atoms with Crippen LogP contribution in [-0.2, 0) is 19.8 Å². The molecule has 0 aliphatic rings. The minimum absolute atomic E-state index is 0.311. The summed E-state index contributed by atoms with van der Waals surface area (Å²) < 4.78 is 17.9. The van der Waals surface area contributed by atoms with Gasteiger partial charge in [-0.1, -0.05) is 72.8 Å². The molecule has 0 aliphatic heterocycles. The highest BCUT2D eigenvalue weighted by Crippen LogP contribution is 2.26. The zero-order valence-electron chi connectivity index (χ0n) is 18.1. The van der Waals surface area contributed by atoms with Crippen LogP contribution in [0.3, 0.4) is 0 Å². The molecule has 5 nitrogen and oxygen atoms in total. The van der Waals surface area contributed by atoms with Gasteiger partial charge in [0.05, 0.1) is 0 Å². The van der Waals surface area contributed by atoms with E-state index in [1.54, 1.807) is 24.3 Å². The first-order valence-electron chi connectivity index (χ1n) is 10.7. The monoisotopic (exact) mass is 440 g/mol. The van der Waals surface area contributed by atoms with Crippen molar-refractivity contribution in [1.82, 2.24) is 0 Å². The molecule has 4 aromatic carbocycles. The van der Waals surface area contributed by atoms with Crippen molar-refractivity contribution in [3.8, 4) is 17.2 Å². The Hall–Kier alpha value is -3.74. The Kier molecular flexibility index (Phi) is 7.64. The summed E-state index contributed by atoms with van der Waals surface area (Å²) in [7, 11) is -1.50. The fraction of sp³-hybridized carbons (Fsp3) is 0.111. The van der Waals surface area contributed by atoms with Crippen molar-refractivity contribution in [2.75, 3.05) is 0 Å². The Balaban J connectivity index is 1.47. The first-order chi connectivity index (χ1) is 16.2. The summed E-state index contributed by atoms with van der Waals surface area (Å²) in [5, 5.41) is 18.5. The lowest BCUT2D eigenvalue weighted by Gasteiger charge is -2.14. The highest BCUT2D eigenvalue weighted by atomic mass is 16.5. The second kappa shape index (κ2) is 11.2. The molecule has 33 heavy (non-hydrogen) atoms. The molecule has 0 saturated carbocycles. The summed E-state index contributed by atoms with van der Waals surface area (Å²) in [4.78, 5) is 0.